The summed E-state index contributed by atoms with van der Waals surface area (Å²) in [6.07, 6.45) is 0.912. The zero-order chi connectivity index (χ0) is 19.3. The predicted molar refractivity (Wildman–Crippen MR) is 114 cm³/mol. The Morgan fingerprint density at radius 3 is 2.64 bits per heavy atom. The lowest BCUT2D eigenvalue weighted by atomic mass is 9.91. The van der Waals surface area contributed by atoms with Crippen molar-refractivity contribution in [3.8, 4) is 0 Å². The number of anilines is 1. The second-order valence-corrected chi connectivity index (χ2v) is 7.88. The smallest absolute Gasteiger partial charge is 0.123 e. The maximum Gasteiger partial charge on any atom is 0.123 e. The number of aryl methyl sites for hydroxylation is 1. The quantitative estimate of drug-likeness (QED) is 0.418. The summed E-state index contributed by atoms with van der Waals surface area (Å²) < 4.78 is 13.5. The van der Waals surface area contributed by atoms with Crippen molar-refractivity contribution in [1.82, 2.24) is 4.98 Å². The molecule has 1 atom stereocenters. The highest BCUT2D eigenvalue weighted by Gasteiger charge is 2.32. The van der Waals surface area contributed by atoms with Crippen LogP contribution in [0, 0.1) is 12.7 Å². The minimum Gasteiger partial charge on any atom is -0.359 e. The Kier molecular flexibility index (Phi) is 4.13. The minimum absolute atomic E-state index is 0.0419. The fraction of sp³-hybridized carbons (Fsp3) is 0.167. The van der Waals surface area contributed by atoms with Crippen LogP contribution in [0.15, 0.2) is 66.7 Å². The van der Waals surface area contributed by atoms with Crippen molar-refractivity contribution in [3.63, 3.8) is 0 Å². The third-order valence-electron chi connectivity index (χ3n) is 5.61. The maximum atomic E-state index is 13.5. The van der Waals surface area contributed by atoms with Crippen LogP contribution in [-0.4, -0.2) is 11.5 Å². The molecule has 1 aliphatic rings. The van der Waals surface area contributed by atoms with Crippen LogP contribution in [0.1, 0.15) is 28.4 Å². The highest BCUT2D eigenvalue weighted by Crippen LogP contribution is 2.41. The molecule has 0 bridgehead atoms. The highest BCUT2D eigenvalue weighted by atomic mass is 35.5. The summed E-state index contributed by atoms with van der Waals surface area (Å²) in [5.41, 5.74) is 7.09. The molecule has 0 saturated heterocycles. The second kappa shape index (κ2) is 6.68. The summed E-state index contributed by atoms with van der Waals surface area (Å²) in [6.45, 7) is 2.97. The SMILES string of the molecule is Cc1cccc(C2c3[nH]c4ccc(Cl)cc4c3CCN2c2ccc(F)cc2)c1. The van der Waals surface area contributed by atoms with Crippen molar-refractivity contribution in [2.45, 2.75) is 19.4 Å². The number of aromatic amines is 1. The van der Waals surface area contributed by atoms with Crippen LogP contribution in [0.25, 0.3) is 10.9 Å². The van der Waals surface area contributed by atoms with Crippen LogP contribution in [-0.2, 0) is 6.42 Å². The molecule has 3 aromatic carbocycles. The molecule has 4 aromatic rings. The van der Waals surface area contributed by atoms with Gasteiger partial charge in [-0.1, -0.05) is 41.4 Å². The first-order chi connectivity index (χ1) is 13.6. The van der Waals surface area contributed by atoms with Crippen molar-refractivity contribution in [2.75, 3.05) is 11.4 Å². The molecule has 28 heavy (non-hydrogen) atoms. The molecule has 0 fully saturated rings. The van der Waals surface area contributed by atoms with Gasteiger partial charge in [0.2, 0.25) is 0 Å². The summed E-state index contributed by atoms with van der Waals surface area (Å²) in [6, 6.07) is 21.5. The summed E-state index contributed by atoms with van der Waals surface area (Å²) in [7, 11) is 0. The molecule has 1 aliphatic heterocycles. The first kappa shape index (κ1) is 17.3. The van der Waals surface area contributed by atoms with E-state index >= 15 is 0 Å². The predicted octanol–water partition coefficient (Wildman–Crippen LogP) is 6.42. The lowest BCUT2D eigenvalue weighted by Crippen LogP contribution is -2.36. The average Bonchev–Trinajstić information content (AvgIpc) is 3.05. The minimum atomic E-state index is -0.214. The van der Waals surface area contributed by atoms with Crippen LogP contribution in [0.5, 0.6) is 0 Å². The van der Waals surface area contributed by atoms with Gasteiger partial charge in [0.15, 0.2) is 0 Å². The van der Waals surface area contributed by atoms with Gasteiger partial charge in [-0.15, -0.1) is 0 Å². The normalized spacial score (nSPS) is 16.4. The molecule has 0 spiro atoms. The van der Waals surface area contributed by atoms with Gasteiger partial charge in [-0.05, 0) is 66.9 Å². The molecule has 1 N–H and O–H groups in total. The second-order valence-electron chi connectivity index (χ2n) is 7.44. The first-order valence-electron chi connectivity index (χ1n) is 9.49. The van der Waals surface area contributed by atoms with E-state index in [2.05, 4.69) is 41.1 Å². The average molecular weight is 391 g/mol. The van der Waals surface area contributed by atoms with E-state index in [1.165, 1.54) is 39.9 Å². The Labute approximate surface area is 168 Å². The van der Waals surface area contributed by atoms with Gasteiger partial charge >= 0.3 is 0 Å². The third kappa shape index (κ3) is 2.87. The number of H-pyrrole nitrogens is 1. The van der Waals surface area contributed by atoms with Crippen LogP contribution in [0.3, 0.4) is 0 Å². The first-order valence-corrected chi connectivity index (χ1v) is 9.87. The van der Waals surface area contributed by atoms with E-state index < -0.39 is 0 Å². The molecular weight excluding hydrogens is 371 g/mol. The van der Waals surface area contributed by atoms with Gasteiger partial charge in [0.25, 0.3) is 0 Å². The van der Waals surface area contributed by atoms with Gasteiger partial charge in [-0.3, -0.25) is 0 Å². The number of halogens is 2. The van der Waals surface area contributed by atoms with Crippen molar-refractivity contribution >= 4 is 28.2 Å². The Hall–Kier alpha value is -2.78. The van der Waals surface area contributed by atoms with Crippen molar-refractivity contribution in [1.29, 1.82) is 0 Å². The van der Waals surface area contributed by atoms with E-state index in [9.17, 15) is 4.39 Å². The Bertz CT molecular complexity index is 1160. The zero-order valence-corrected chi connectivity index (χ0v) is 16.3. The summed E-state index contributed by atoms with van der Waals surface area (Å²) in [5.74, 6) is -0.214. The van der Waals surface area contributed by atoms with Crippen LogP contribution in [0.4, 0.5) is 10.1 Å². The van der Waals surface area contributed by atoms with Crippen molar-refractivity contribution in [2.24, 2.45) is 0 Å². The highest BCUT2D eigenvalue weighted by molar-refractivity contribution is 6.31. The molecule has 0 radical (unpaired) electrons. The molecule has 1 unspecified atom stereocenters. The molecule has 2 heterocycles. The van der Waals surface area contributed by atoms with Crippen LogP contribution in [0.2, 0.25) is 5.02 Å². The van der Waals surface area contributed by atoms with Crippen LogP contribution >= 0.6 is 11.6 Å². The standard InChI is InChI=1S/C24H20ClFN2/c1-15-3-2-4-16(13-15)24-23-20(21-14-17(25)5-10-22(21)27-23)11-12-28(24)19-8-6-18(26)7-9-19/h2-10,13-14,24,27H,11-12H2,1H3. The number of hydrogen-bond acceptors (Lipinski definition) is 1. The molecule has 0 saturated carbocycles. The molecule has 2 nitrogen and oxygen atoms in total. The van der Waals surface area contributed by atoms with E-state index in [4.69, 9.17) is 11.6 Å². The van der Waals surface area contributed by atoms with Gasteiger partial charge in [-0.2, -0.15) is 0 Å². The number of aromatic nitrogens is 1. The van der Waals surface area contributed by atoms with E-state index in [1.54, 1.807) is 0 Å². The molecule has 0 aliphatic carbocycles. The molecular formula is C24H20ClFN2. The number of nitrogens with one attached hydrogen (secondary N) is 1. The topological polar surface area (TPSA) is 19.0 Å². The largest absolute Gasteiger partial charge is 0.359 e. The summed E-state index contributed by atoms with van der Waals surface area (Å²) in [4.78, 5) is 6.00. The Morgan fingerprint density at radius 1 is 1.04 bits per heavy atom. The van der Waals surface area contributed by atoms with E-state index in [0.717, 1.165) is 29.2 Å². The van der Waals surface area contributed by atoms with Crippen molar-refractivity contribution < 1.29 is 4.39 Å². The molecule has 0 amide bonds. The lowest BCUT2D eigenvalue weighted by Gasteiger charge is -2.38. The number of hydrogen-bond donors (Lipinski definition) is 1. The van der Waals surface area contributed by atoms with Crippen LogP contribution < -0.4 is 4.90 Å². The number of benzene rings is 3. The van der Waals surface area contributed by atoms with E-state index in [0.29, 0.717) is 0 Å². The maximum absolute atomic E-state index is 13.5. The molecule has 140 valence electrons. The zero-order valence-electron chi connectivity index (χ0n) is 15.5. The Balaban J connectivity index is 1.72. The molecule has 4 heteroatoms. The molecule has 5 rings (SSSR count). The van der Waals surface area contributed by atoms with Gasteiger partial charge in [0.05, 0.1) is 6.04 Å². The van der Waals surface area contributed by atoms with Gasteiger partial charge in [-0.25, -0.2) is 4.39 Å². The van der Waals surface area contributed by atoms with Gasteiger partial charge < -0.3 is 9.88 Å². The monoisotopic (exact) mass is 390 g/mol. The number of fused-ring (bicyclic) bond motifs is 3. The lowest BCUT2D eigenvalue weighted by molar-refractivity contribution is 0.622. The summed E-state index contributed by atoms with van der Waals surface area (Å²) in [5, 5.41) is 1.95. The Morgan fingerprint density at radius 2 is 1.86 bits per heavy atom. The number of rotatable bonds is 2. The van der Waals surface area contributed by atoms with E-state index in [1.807, 2.05) is 30.3 Å². The van der Waals surface area contributed by atoms with Gasteiger partial charge in [0, 0.05) is 33.9 Å². The fourth-order valence-corrected chi connectivity index (χ4v) is 4.53. The summed E-state index contributed by atoms with van der Waals surface area (Å²) >= 11 is 6.27. The fourth-order valence-electron chi connectivity index (χ4n) is 4.36. The third-order valence-corrected chi connectivity index (χ3v) is 5.84. The van der Waals surface area contributed by atoms with Crippen molar-refractivity contribution in [3.05, 3.63) is 100.0 Å². The van der Waals surface area contributed by atoms with Gasteiger partial charge in [0.1, 0.15) is 5.82 Å². The molecule has 1 aromatic heterocycles. The number of nitrogens with zero attached hydrogens (tertiary/aromatic N) is 1. The van der Waals surface area contributed by atoms with E-state index in [-0.39, 0.29) is 11.9 Å².